The van der Waals surface area contributed by atoms with Crippen molar-refractivity contribution in [2.45, 2.75) is 6.92 Å². The van der Waals surface area contributed by atoms with E-state index in [2.05, 4.69) is 4.99 Å². The van der Waals surface area contributed by atoms with E-state index in [1.807, 2.05) is 6.07 Å². The number of amides is 1. The highest BCUT2D eigenvalue weighted by Gasteiger charge is 2.12. The number of rotatable bonds is 0. The van der Waals surface area contributed by atoms with Crippen LogP contribution in [0.1, 0.15) is 6.92 Å². The molecule has 0 saturated carbocycles. The molecule has 0 radical (unpaired) electrons. The maximum atomic E-state index is 10.6. The third-order valence-corrected chi connectivity index (χ3v) is 1.33. The zero-order chi connectivity index (χ0) is 7.56. The van der Waals surface area contributed by atoms with Crippen molar-refractivity contribution in [1.82, 2.24) is 0 Å². The fourth-order valence-electron chi connectivity index (χ4n) is 0.723. The molecule has 0 aromatic rings. The van der Waals surface area contributed by atoms with Crippen LogP contribution in [0.5, 0.6) is 0 Å². The molecule has 0 fully saturated rings. The molecule has 1 unspecified atom stereocenters. The van der Waals surface area contributed by atoms with Crippen molar-refractivity contribution in [2.75, 3.05) is 0 Å². The van der Waals surface area contributed by atoms with Gasteiger partial charge in [0.1, 0.15) is 5.92 Å². The van der Waals surface area contributed by atoms with Crippen LogP contribution in [0, 0.1) is 17.2 Å². The number of carbonyl (C=O) groups excluding carboxylic acids is 1. The summed E-state index contributed by atoms with van der Waals surface area (Å²) >= 11 is 0. The van der Waals surface area contributed by atoms with E-state index in [9.17, 15) is 4.79 Å². The molecule has 1 aliphatic heterocycles. The van der Waals surface area contributed by atoms with Gasteiger partial charge in [-0.2, -0.15) is 5.26 Å². The van der Waals surface area contributed by atoms with Crippen LogP contribution in [0.15, 0.2) is 16.6 Å². The van der Waals surface area contributed by atoms with Crippen LogP contribution in [0.3, 0.4) is 0 Å². The number of hydrogen-bond donors (Lipinski definition) is 0. The number of dihydropyridines is 1. The molecule has 0 bridgehead atoms. The number of aliphatic imine (C=N–C) groups is 1. The number of allylic oxidation sites excluding steroid dienone is 1. The molecule has 3 heteroatoms. The Balaban J connectivity index is 2.88. The lowest BCUT2D eigenvalue weighted by Gasteiger charge is -2.05. The van der Waals surface area contributed by atoms with E-state index < -0.39 is 0 Å². The molecule has 1 heterocycles. The average molecular weight is 134 g/mol. The van der Waals surface area contributed by atoms with Gasteiger partial charge in [-0.05, 0) is 12.5 Å². The van der Waals surface area contributed by atoms with Crippen LogP contribution in [-0.2, 0) is 4.79 Å². The van der Waals surface area contributed by atoms with Crippen LogP contribution in [0.25, 0.3) is 0 Å². The summed E-state index contributed by atoms with van der Waals surface area (Å²) in [6.07, 6.45) is 2.76. The van der Waals surface area contributed by atoms with Gasteiger partial charge in [-0.3, -0.25) is 4.79 Å². The van der Waals surface area contributed by atoms with Gasteiger partial charge in [0.05, 0.1) is 6.07 Å². The van der Waals surface area contributed by atoms with Gasteiger partial charge in [-0.1, -0.05) is 0 Å². The first-order valence-electron chi connectivity index (χ1n) is 2.90. The van der Waals surface area contributed by atoms with Crippen LogP contribution in [0.2, 0.25) is 0 Å². The van der Waals surface area contributed by atoms with Crippen molar-refractivity contribution in [3.05, 3.63) is 11.6 Å². The molecule has 0 aromatic heterocycles. The largest absolute Gasteiger partial charge is 0.269 e. The molecule has 0 aromatic carbocycles. The van der Waals surface area contributed by atoms with Crippen molar-refractivity contribution >= 4 is 12.1 Å². The normalized spacial score (nSPS) is 23.8. The molecule has 1 aliphatic rings. The molecule has 1 amide bonds. The lowest BCUT2D eigenvalue weighted by Crippen LogP contribution is -2.08. The maximum absolute atomic E-state index is 10.6. The van der Waals surface area contributed by atoms with Gasteiger partial charge in [0, 0.05) is 12.3 Å². The smallest absolute Gasteiger partial charge is 0.267 e. The van der Waals surface area contributed by atoms with E-state index in [0.717, 1.165) is 5.57 Å². The summed E-state index contributed by atoms with van der Waals surface area (Å²) in [5.41, 5.74) is 0.766. The summed E-state index contributed by atoms with van der Waals surface area (Å²) in [6, 6.07) is 2.00. The molecule has 3 nitrogen and oxygen atoms in total. The van der Waals surface area contributed by atoms with Crippen LogP contribution < -0.4 is 0 Å². The monoisotopic (exact) mass is 134 g/mol. The minimum atomic E-state index is -0.308. The predicted octanol–water partition coefficient (Wildman–Crippen LogP) is 0.683. The van der Waals surface area contributed by atoms with Crippen LogP contribution in [0.4, 0.5) is 0 Å². The lowest BCUT2D eigenvalue weighted by molar-refractivity contribution is -0.113. The van der Waals surface area contributed by atoms with Gasteiger partial charge >= 0.3 is 0 Å². The molecule has 10 heavy (non-hydrogen) atoms. The lowest BCUT2D eigenvalue weighted by atomic mass is 10.0. The Bertz CT molecular complexity index is 257. The predicted molar refractivity (Wildman–Crippen MR) is 36.4 cm³/mol. The summed E-state index contributed by atoms with van der Waals surface area (Å²) < 4.78 is 0. The molecular weight excluding hydrogens is 128 g/mol. The minimum absolute atomic E-state index is 0.274. The van der Waals surface area contributed by atoms with Crippen molar-refractivity contribution < 1.29 is 4.79 Å². The highest BCUT2D eigenvalue weighted by Crippen LogP contribution is 2.10. The van der Waals surface area contributed by atoms with Crippen LogP contribution >= 0.6 is 0 Å². The van der Waals surface area contributed by atoms with Gasteiger partial charge in [0.25, 0.3) is 5.91 Å². The standard InChI is InChI=1S/C7H6N2O/c1-5-2-7(10)9-4-6(5)3-8/h2,4,6H,1H3. The van der Waals surface area contributed by atoms with Gasteiger partial charge < -0.3 is 0 Å². The van der Waals surface area contributed by atoms with Gasteiger partial charge in [0.15, 0.2) is 0 Å². The maximum Gasteiger partial charge on any atom is 0.269 e. The Hall–Kier alpha value is -1.43. The van der Waals surface area contributed by atoms with E-state index in [1.165, 1.54) is 12.3 Å². The third kappa shape index (κ3) is 1.11. The second-order valence-electron chi connectivity index (χ2n) is 2.11. The van der Waals surface area contributed by atoms with E-state index in [4.69, 9.17) is 5.26 Å². The second-order valence-corrected chi connectivity index (χ2v) is 2.11. The van der Waals surface area contributed by atoms with Gasteiger partial charge in [-0.25, -0.2) is 4.99 Å². The molecule has 1 atom stereocenters. The molecule has 0 saturated heterocycles. The number of nitriles is 1. The Labute approximate surface area is 58.7 Å². The van der Waals surface area contributed by atoms with Gasteiger partial charge in [-0.15, -0.1) is 0 Å². The van der Waals surface area contributed by atoms with E-state index >= 15 is 0 Å². The van der Waals surface area contributed by atoms with Crippen molar-refractivity contribution in [3.8, 4) is 6.07 Å². The van der Waals surface area contributed by atoms with Crippen molar-refractivity contribution in [1.29, 1.82) is 5.26 Å². The fourth-order valence-corrected chi connectivity index (χ4v) is 0.723. The van der Waals surface area contributed by atoms with Gasteiger partial charge in [0.2, 0.25) is 0 Å². The SMILES string of the molecule is CC1=CC(=O)N=CC1C#N. The average Bonchev–Trinajstić information content (AvgIpc) is 1.88. The molecule has 0 aliphatic carbocycles. The van der Waals surface area contributed by atoms with Crippen molar-refractivity contribution in [2.24, 2.45) is 10.9 Å². The zero-order valence-corrected chi connectivity index (χ0v) is 5.53. The fraction of sp³-hybridized carbons (Fsp3) is 0.286. The molecular formula is C7H6N2O. The quantitative estimate of drug-likeness (QED) is 0.489. The summed E-state index contributed by atoms with van der Waals surface area (Å²) in [5, 5.41) is 8.45. The highest BCUT2D eigenvalue weighted by molar-refractivity contribution is 5.98. The Morgan fingerprint density at radius 1 is 1.80 bits per heavy atom. The first-order chi connectivity index (χ1) is 4.74. The summed E-state index contributed by atoms with van der Waals surface area (Å²) in [6.45, 7) is 1.75. The second kappa shape index (κ2) is 2.44. The van der Waals surface area contributed by atoms with Crippen molar-refractivity contribution in [3.63, 3.8) is 0 Å². The first kappa shape index (κ1) is 6.69. The number of hydrogen-bond acceptors (Lipinski definition) is 2. The molecule has 50 valence electrons. The summed E-state index contributed by atoms with van der Waals surface area (Å²) in [5.74, 6) is -0.582. The minimum Gasteiger partial charge on any atom is -0.267 e. The highest BCUT2D eigenvalue weighted by atomic mass is 16.1. The molecule has 0 N–H and O–H groups in total. The zero-order valence-electron chi connectivity index (χ0n) is 5.53. The summed E-state index contributed by atoms with van der Waals surface area (Å²) in [4.78, 5) is 14.0. The molecule has 1 rings (SSSR count). The summed E-state index contributed by atoms with van der Waals surface area (Å²) in [7, 11) is 0. The topological polar surface area (TPSA) is 53.2 Å². The number of carbonyl (C=O) groups is 1. The number of nitrogens with zero attached hydrogens (tertiary/aromatic N) is 2. The van der Waals surface area contributed by atoms with Crippen LogP contribution in [-0.4, -0.2) is 12.1 Å². The van der Waals surface area contributed by atoms with E-state index in [-0.39, 0.29) is 11.8 Å². The van der Waals surface area contributed by atoms with E-state index in [1.54, 1.807) is 6.92 Å². The third-order valence-electron chi connectivity index (χ3n) is 1.33. The Morgan fingerprint density at radius 2 is 2.50 bits per heavy atom. The Kier molecular flexibility index (Phi) is 1.63. The first-order valence-corrected chi connectivity index (χ1v) is 2.90. The Morgan fingerprint density at radius 3 is 3.00 bits per heavy atom. The molecule has 0 spiro atoms. The van der Waals surface area contributed by atoms with E-state index in [0.29, 0.717) is 0 Å².